The fraction of sp³-hybridized carbons (Fsp3) is 0.417. The smallest absolute Gasteiger partial charge is 0.311 e. The maximum atomic E-state index is 11.2. The maximum absolute atomic E-state index is 11.2. The molecule has 0 radical (unpaired) electrons. The van der Waals surface area contributed by atoms with Crippen LogP contribution in [0.25, 0.3) is 0 Å². The van der Waals surface area contributed by atoms with Crippen molar-refractivity contribution in [2.24, 2.45) is 0 Å². The molecule has 1 aromatic rings. The molecule has 0 aliphatic rings. The summed E-state index contributed by atoms with van der Waals surface area (Å²) >= 11 is 12.0. The molecule has 0 heterocycles. The Hall–Kier alpha value is -0.730. The lowest BCUT2D eigenvalue weighted by Gasteiger charge is -2.15. The largest absolute Gasteiger partial charge is 0.481 e. The van der Waals surface area contributed by atoms with Gasteiger partial charge in [-0.05, 0) is 18.6 Å². The molecule has 1 aromatic carbocycles. The summed E-state index contributed by atoms with van der Waals surface area (Å²) in [7, 11) is 0. The van der Waals surface area contributed by atoms with Crippen molar-refractivity contribution in [3.8, 4) is 0 Å². The van der Waals surface area contributed by atoms with Gasteiger partial charge in [0.15, 0.2) is 0 Å². The third-order valence-corrected chi connectivity index (χ3v) is 3.15. The summed E-state index contributed by atoms with van der Waals surface area (Å²) in [4.78, 5) is 11.2. The van der Waals surface area contributed by atoms with Gasteiger partial charge in [-0.3, -0.25) is 4.79 Å². The van der Waals surface area contributed by atoms with Crippen LogP contribution in [-0.2, 0) is 4.79 Å². The number of carboxylic acid groups (broad SMARTS) is 1. The van der Waals surface area contributed by atoms with Crippen LogP contribution in [0, 0.1) is 0 Å². The molecular weight excluding hydrogens is 247 g/mol. The summed E-state index contributed by atoms with van der Waals surface area (Å²) in [6.45, 7) is 2.02. The highest BCUT2D eigenvalue weighted by molar-refractivity contribution is 6.36. The lowest BCUT2D eigenvalue weighted by atomic mass is 9.93. The van der Waals surface area contributed by atoms with Gasteiger partial charge in [-0.1, -0.05) is 49.0 Å². The van der Waals surface area contributed by atoms with Crippen LogP contribution in [0.15, 0.2) is 18.2 Å². The third-order valence-electron chi connectivity index (χ3n) is 2.49. The number of carbonyl (C=O) groups is 1. The van der Waals surface area contributed by atoms with Crippen LogP contribution in [0.3, 0.4) is 0 Å². The predicted octanol–water partition coefficient (Wildman–Crippen LogP) is 4.35. The van der Waals surface area contributed by atoms with E-state index in [-0.39, 0.29) is 0 Å². The first-order valence-electron chi connectivity index (χ1n) is 5.24. The van der Waals surface area contributed by atoms with E-state index in [1.54, 1.807) is 18.2 Å². The van der Waals surface area contributed by atoms with Crippen LogP contribution in [0.5, 0.6) is 0 Å². The third kappa shape index (κ3) is 3.13. The van der Waals surface area contributed by atoms with E-state index in [0.29, 0.717) is 22.0 Å². The van der Waals surface area contributed by atoms with Gasteiger partial charge in [0.25, 0.3) is 0 Å². The summed E-state index contributed by atoms with van der Waals surface area (Å²) in [5.74, 6) is -1.48. The van der Waals surface area contributed by atoms with Gasteiger partial charge in [0.05, 0.1) is 5.92 Å². The van der Waals surface area contributed by atoms with Crippen molar-refractivity contribution in [2.75, 3.05) is 0 Å². The number of carboxylic acids is 1. The molecule has 1 rings (SSSR count). The van der Waals surface area contributed by atoms with Crippen molar-refractivity contribution in [2.45, 2.75) is 32.1 Å². The molecule has 4 heteroatoms. The lowest BCUT2D eigenvalue weighted by molar-refractivity contribution is -0.139. The van der Waals surface area contributed by atoms with Crippen molar-refractivity contribution in [1.82, 2.24) is 0 Å². The highest BCUT2D eigenvalue weighted by Gasteiger charge is 2.24. The second-order valence-corrected chi connectivity index (χ2v) is 4.48. The predicted molar refractivity (Wildman–Crippen MR) is 66.4 cm³/mol. The van der Waals surface area contributed by atoms with Crippen molar-refractivity contribution in [3.05, 3.63) is 33.8 Å². The fourth-order valence-electron chi connectivity index (χ4n) is 1.64. The first kappa shape index (κ1) is 13.3. The number of benzene rings is 1. The van der Waals surface area contributed by atoms with Crippen LogP contribution < -0.4 is 0 Å². The fourth-order valence-corrected chi connectivity index (χ4v) is 2.30. The number of halogens is 2. The minimum atomic E-state index is -0.872. The molecule has 1 N–H and O–H groups in total. The minimum absolute atomic E-state index is 0.427. The second-order valence-electron chi connectivity index (χ2n) is 3.67. The number of rotatable bonds is 5. The zero-order valence-corrected chi connectivity index (χ0v) is 10.6. The van der Waals surface area contributed by atoms with E-state index in [9.17, 15) is 9.90 Å². The molecule has 2 nitrogen and oxygen atoms in total. The molecule has 0 saturated heterocycles. The molecule has 0 fully saturated rings. The molecule has 0 spiro atoms. The van der Waals surface area contributed by atoms with Gasteiger partial charge in [-0.2, -0.15) is 0 Å². The standard InChI is InChI=1S/C12H14Cl2O2/c1-2-3-5-8(12(15)16)11-9(13)6-4-7-10(11)14/h4,6-8H,2-3,5H2,1H3,(H,15,16). The average Bonchev–Trinajstić information content (AvgIpc) is 2.21. The van der Waals surface area contributed by atoms with Crippen LogP contribution in [0.4, 0.5) is 0 Å². The Morgan fingerprint density at radius 3 is 2.38 bits per heavy atom. The van der Waals surface area contributed by atoms with Crippen molar-refractivity contribution in [3.63, 3.8) is 0 Å². The molecule has 16 heavy (non-hydrogen) atoms. The van der Waals surface area contributed by atoms with E-state index in [0.717, 1.165) is 12.8 Å². The topological polar surface area (TPSA) is 37.3 Å². The monoisotopic (exact) mass is 260 g/mol. The van der Waals surface area contributed by atoms with Crippen LogP contribution >= 0.6 is 23.2 Å². The van der Waals surface area contributed by atoms with Gasteiger partial charge >= 0.3 is 5.97 Å². The van der Waals surface area contributed by atoms with Gasteiger partial charge in [0.2, 0.25) is 0 Å². The molecular formula is C12H14Cl2O2. The van der Waals surface area contributed by atoms with Gasteiger partial charge in [-0.15, -0.1) is 0 Å². The molecule has 0 bridgehead atoms. The number of unbranched alkanes of at least 4 members (excludes halogenated alkanes) is 1. The first-order valence-corrected chi connectivity index (χ1v) is 6.00. The molecule has 0 aliphatic heterocycles. The summed E-state index contributed by atoms with van der Waals surface area (Å²) in [6, 6.07) is 5.06. The van der Waals surface area contributed by atoms with Gasteiger partial charge < -0.3 is 5.11 Å². The second kappa shape index (κ2) is 6.12. The highest BCUT2D eigenvalue weighted by Crippen LogP contribution is 2.34. The van der Waals surface area contributed by atoms with Gasteiger partial charge in [0.1, 0.15) is 0 Å². The molecule has 0 aliphatic carbocycles. The molecule has 0 amide bonds. The Labute approximate surface area is 105 Å². The SMILES string of the molecule is CCCCC(C(=O)O)c1c(Cl)cccc1Cl. The summed E-state index contributed by atoms with van der Waals surface area (Å²) in [6.07, 6.45) is 2.36. The average molecular weight is 261 g/mol. The zero-order valence-electron chi connectivity index (χ0n) is 9.04. The van der Waals surface area contributed by atoms with Crippen LogP contribution in [0.2, 0.25) is 10.0 Å². The molecule has 0 aromatic heterocycles. The van der Waals surface area contributed by atoms with Crippen LogP contribution in [0.1, 0.15) is 37.7 Å². The maximum Gasteiger partial charge on any atom is 0.311 e. The van der Waals surface area contributed by atoms with Crippen molar-refractivity contribution >= 4 is 29.2 Å². The van der Waals surface area contributed by atoms with E-state index in [1.165, 1.54) is 0 Å². The normalized spacial score (nSPS) is 12.4. The molecule has 1 atom stereocenters. The molecule has 88 valence electrons. The first-order chi connectivity index (χ1) is 7.57. The van der Waals surface area contributed by atoms with Crippen molar-refractivity contribution in [1.29, 1.82) is 0 Å². The summed E-state index contributed by atoms with van der Waals surface area (Å²) in [5.41, 5.74) is 0.534. The quantitative estimate of drug-likeness (QED) is 0.855. The minimum Gasteiger partial charge on any atom is -0.481 e. The van der Waals surface area contributed by atoms with E-state index in [4.69, 9.17) is 23.2 Å². The van der Waals surface area contributed by atoms with Gasteiger partial charge in [-0.25, -0.2) is 0 Å². The van der Waals surface area contributed by atoms with Crippen LogP contribution in [-0.4, -0.2) is 11.1 Å². The number of hydrogen-bond acceptors (Lipinski definition) is 1. The van der Waals surface area contributed by atoms with E-state index in [2.05, 4.69) is 0 Å². The molecule has 0 saturated carbocycles. The Morgan fingerprint density at radius 1 is 1.38 bits per heavy atom. The summed E-state index contributed by atoms with van der Waals surface area (Å²) in [5, 5.41) is 10.0. The van der Waals surface area contributed by atoms with Gasteiger partial charge in [0, 0.05) is 15.6 Å². The van der Waals surface area contributed by atoms with E-state index < -0.39 is 11.9 Å². The Kier molecular flexibility index (Phi) is 5.10. The Bertz CT molecular complexity index is 357. The zero-order chi connectivity index (χ0) is 12.1. The highest BCUT2D eigenvalue weighted by atomic mass is 35.5. The molecule has 1 unspecified atom stereocenters. The van der Waals surface area contributed by atoms with E-state index in [1.807, 2.05) is 6.92 Å². The number of aliphatic carboxylic acids is 1. The lowest BCUT2D eigenvalue weighted by Crippen LogP contribution is -2.12. The van der Waals surface area contributed by atoms with Crippen molar-refractivity contribution < 1.29 is 9.90 Å². The summed E-state index contributed by atoms with van der Waals surface area (Å²) < 4.78 is 0. The Balaban J connectivity index is 3.05. The Morgan fingerprint density at radius 2 is 1.94 bits per heavy atom. The van der Waals surface area contributed by atoms with E-state index >= 15 is 0 Å². The number of hydrogen-bond donors (Lipinski definition) is 1.